The highest BCUT2D eigenvalue weighted by atomic mass is 32.1. The van der Waals surface area contributed by atoms with Crippen LogP contribution >= 0.6 is 11.3 Å². The molecule has 3 heteroatoms. The third kappa shape index (κ3) is 2.98. The Morgan fingerprint density at radius 2 is 1.86 bits per heavy atom. The van der Waals surface area contributed by atoms with Crippen LogP contribution < -0.4 is 5.32 Å². The quantitative estimate of drug-likeness (QED) is 0.922. The third-order valence-electron chi connectivity index (χ3n) is 5.32. The number of piperidine rings is 1. The highest BCUT2D eigenvalue weighted by Crippen LogP contribution is 2.39. The summed E-state index contributed by atoms with van der Waals surface area (Å²) >= 11 is 1.91. The summed E-state index contributed by atoms with van der Waals surface area (Å²) in [6.07, 6.45) is 4.12. The van der Waals surface area contributed by atoms with E-state index in [-0.39, 0.29) is 0 Å². The van der Waals surface area contributed by atoms with Crippen molar-refractivity contribution < 1.29 is 0 Å². The first-order valence-electron chi connectivity index (χ1n) is 8.39. The van der Waals surface area contributed by atoms with Crippen molar-refractivity contribution in [1.82, 2.24) is 10.2 Å². The van der Waals surface area contributed by atoms with Crippen molar-refractivity contribution in [2.75, 3.05) is 26.2 Å². The minimum atomic E-state index is 0.616. The van der Waals surface area contributed by atoms with Crippen molar-refractivity contribution in [1.29, 1.82) is 0 Å². The lowest BCUT2D eigenvalue weighted by Crippen LogP contribution is -2.38. The van der Waals surface area contributed by atoms with Crippen molar-refractivity contribution in [3.05, 3.63) is 46.7 Å². The largest absolute Gasteiger partial charge is 0.317 e. The molecule has 22 heavy (non-hydrogen) atoms. The van der Waals surface area contributed by atoms with Gasteiger partial charge in [0.25, 0.3) is 0 Å². The maximum absolute atomic E-state index is 3.51. The Morgan fingerprint density at radius 3 is 2.68 bits per heavy atom. The van der Waals surface area contributed by atoms with Gasteiger partial charge in [0.15, 0.2) is 0 Å². The lowest BCUT2D eigenvalue weighted by atomic mass is 9.78. The van der Waals surface area contributed by atoms with Crippen LogP contribution in [0.4, 0.5) is 0 Å². The van der Waals surface area contributed by atoms with Crippen molar-refractivity contribution in [2.24, 2.45) is 5.41 Å². The Balaban J connectivity index is 1.41. The molecule has 1 spiro atoms. The monoisotopic (exact) mass is 312 g/mol. The average molecular weight is 312 g/mol. The summed E-state index contributed by atoms with van der Waals surface area (Å²) in [5.74, 6) is 0. The zero-order valence-electron chi connectivity index (χ0n) is 13.1. The van der Waals surface area contributed by atoms with Crippen LogP contribution in [0.5, 0.6) is 0 Å². The molecule has 2 nitrogen and oxygen atoms in total. The molecular formula is C19H24N2S. The average Bonchev–Trinajstić information content (AvgIpc) is 3.17. The number of likely N-dealkylation sites (tertiary alicyclic amines) is 1. The number of hydrogen-bond donors (Lipinski definition) is 1. The smallest absolute Gasteiger partial charge is 0.0328 e. The minimum Gasteiger partial charge on any atom is -0.317 e. The summed E-state index contributed by atoms with van der Waals surface area (Å²) in [7, 11) is 0. The molecule has 0 radical (unpaired) electrons. The topological polar surface area (TPSA) is 15.3 Å². The van der Waals surface area contributed by atoms with Gasteiger partial charge in [-0.3, -0.25) is 4.90 Å². The minimum absolute atomic E-state index is 0.616. The fourth-order valence-electron chi connectivity index (χ4n) is 3.99. The van der Waals surface area contributed by atoms with E-state index in [2.05, 4.69) is 52.0 Å². The Kier molecular flexibility index (Phi) is 4.03. The zero-order chi connectivity index (χ0) is 14.8. The van der Waals surface area contributed by atoms with Crippen molar-refractivity contribution in [3.63, 3.8) is 0 Å². The Morgan fingerprint density at radius 1 is 1.05 bits per heavy atom. The first-order valence-corrected chi connectivity index (χ1v) is 9.27. The molecule has 4 rings (SSSR count). The number of nitrogens with one attached hydrogen (secondary N) is 1. The summed E-state index contributed by atoms with van der Waals surface area (Å²) in [6, 6.07) is 13.1. The highest BCUT2D eigenvalue weighted by molar-refractivity contribution is 7.10. The molecule has 0 saturated carbocycles. The zero-order valence-corrected chi connectivity index (χ0v) is 13.9. The summed E-state index contributed by atoms with van der Waals surface area (Å²) in [4.78, 5) is 4.18. The first kappa shape index (κ1) is 14.4. The molecule has 1 aromatic carbocycles. The van der Waals surface area contributed by atoms with E-state index in [1.54, 1.807) is 0 Å². The molecule has 2 aromatic rings. The molecule has 1 aromatic heterocycles. The van der Waals surface area contributed by atoms with E-state index in [1.807, 2.05) is 11.3 Å². The molecule has 116 valence electrons. The molecule has 0 aliphatic carbocycles. The molecule has 0 unspecified atom stereocenters. The Bertz CT molecular complexity index is 613. The maximum atomic E-state index is 3.51. The van der Waals surface area contributed by atoms with Gasteiger partial charge in [0.2, 0.25) is 0 Å². The second kappa shape index (κ2) is 6.15. The van der Waals surface area contributed by atoms with E-state index < -0.39 is 0 Å². The van der Waals surface area contributed by atoms with Crippen LogP contribution in [-0.4, -0.2) is 31.1 Å². The van der Waals surface area contributed by atoms with Crippen LogP contribution in [0.2, 0.25) is 0 Å². The molecule has 0 bridgehead atoms. The van der Waals surface area contributed by atoms with Crippen LogP contribution in [0.25, 0.3) is 11.1 Å². The van der Waals surface area contributed by atoms with E-state index in [9.17, 15) is 0 Å². The van der Waals surface area contributed by atoms with E-state index in [4.69, 9.17) is 0 Å². The maximum Gasteiger partial charge on any atom is 0.0328 e. The predicted octanol–water partition coefficient (Wildman–Crippen LogP) is 3.99. The lowest BCUT2D eigenvalue weighted by molar-refractivity contribution is 0.194. The molecule has 2 aliphatic heterocycles. The summed E-state index contributed by atoms with van der Waals surface area (Å²) < 4.78 is 0. The normalized spacial score (nSPS) is 21.5. The van der Waals surface area contributed by atoms with Crippen LogP contribution in [0.15, 0.2) is 41.8 Å². The number of benzene rings is 1. The van der Waals surface area contributed by atoms with Crippen LogP contribution in [-0.2, 0) is 6.54 Å². The van der Waals surface area contributed by atoms with E-state index in [0.717, 1.165) is 6.54 Å². The van der Waals surface area contributed by atoms with Gasteiger partial charge in [0, 0.05) is 18.0 Å². The van der Waals surface area contributed by atoms with Crippen LogP contribution in [0, 0.1) is 5.41 Å². The van der Waals surface area contributed by atoms with Gasteiger partial charge in [-0.25, -0.2) is 0 Å². The highest BCUT2D eigenvalue weighted by Gasteiger charge is 2.38. The van der Waals surface area contributed by atoms with E-state index in [0.29, 0.717) is 5.41 Å². The van der Waals surface area contributed by atoms with Gasteiger partial charge in [-0.05, 0) is 66.9 Å². The summed E-state index contributed by atoms with van der Waals surface area (Å²) in [5.41, 5.74) is 3.32. The van der Waals surface area contributed by atoms with E-state index >= 15 is 0 Å². The fourth-order valence-corrected chi connectivity index (χ4v) is 4.93. The predicted molar refractivity (Wildman–Crippen MR) is 94.2 cm³/mol. The SMILES string of the molecule is c1ccc(-c2csc(CN3CCC4(CCNCC4)C3)c2)cc1. The number of hydrogen-bond acceptors (Lipinski definition) is 3. The molecule has 0 atom stereocenters. The lowest BCUT2D eigenvalue weighted by Gasteiger charge is -2.33. The Labute approximate surface area is 137 Å². The molecule has 0 amide bonds. The van der Waals surface area contributed by atoms with Gasteiger partial charge >= 0.3 is 0 Å². The fraction of sp³-hybridized carbons (Fsp3) is 0.474. The Hall–Kier alpha value is -1.16. The first-order chi connectivity index (χ1) is 10.8. The second-order valence-electron chi connectivity index (χ2n) is 6.88. The molecular weight excluding hydrogens is 288 g/mol. The number of rotatable bonds is 3. The van der Waals surface area contributed by atoms with Gasteiger partial charge in [0.05, 0.1) is 0 Å². The summed E-state index contributed by atoms with van der Waals surface area (Å²) in [5, 5.41) is 5.81. The molecule has 3 heterocycles. The third-order valence-corrected chi connectivity index (χ3v) is 6.24. The molecule has 2 fully saturated rings. The van der Waals surface area contributed by atoms with E-state index in [1.165, 1.54) is 61.4 Å². The van der Waals surface area contributed by atoms with Crippen LogP contribution in [0.1, 0.15) is 24.1 Å². The van der Waals surface area contributed by atoms with Gasteiger partial charge in [0.1, 0.15) is 0 Å². The van der Waals surface area contributed by atoms with Gasteiger partial charge in [-0.1, -0.05) is 30.3 Å². The van der Waals surface area contributed by atoms with Gasteiger partial charge in [-0.2, -0.15) is 0 Å². The second-order valence-corrected chi connectivity index (χ2v) is 7.87. The summed E-state index contributed by atoms with van der Waals surface area (Å²) in [6.45, 7) is 6.13. The van der Waals surface area contributed by atoms with Crippen molar-refractivity contribution >= 4 is 11.3 Å². The molecule has 1 N–H and O–H groups in total. The number of nitrogens with zero attached hydrogens (tertiary/aromatic N) is 1. The molecule has 2 aliphatic rings. The van der Waals surface area contributed by atoms with Gasteiger partial charge < -0.3 is 5.32 Å². The van der Waals surface area contributed by atoms with Crippen LogP contribution in [0.3, 0.4) is 0 Å². The number of thiophene rings is 1. The van der Waals surface area contributed by atoms with Gasteiger partial charge in [-0.15, -0.1) is 11.3 Å². The van der Waals surface area contributed by atoms with Crippen molar-refractivity contribution in [3.8, 4) is 11.1 Å². The van der Waals surface area contributed by atoms with Crippen molar-refractivity contribution in [2.45, 2.75) is 25.8 Å². The standard InChI is InChI=1S/C19H24N2S/c1-2-4-16(5-3-1)17-12-18(22-14-17)13-21-11-8-19(15-21)6-9-20-10-7-19/h1-5,12,14,20H,6-11,13,15H2. The molecule has 2 saturated heterocycles.